The normalized spacial score (nSPS) is 33.8. The van der Waals surface area contributed by atoms with Gasteiger partial charge in [-0.15, -0.1) is 0 Å². The summed E-state index contributed by atoms with van der Waals surface area (Å²) in [6.07, 6.45) is 1.32. The van der Waals surface area contributed by atoms with Crippen LogP contribution in [-0.4, -0.2) is 22.8 Å². The van der Waals surface area contributed by atoms with Gasteiger partial charge in [0, 0.05) is 12.8 Å². The van der Waals surface area contributed by atoms with Crippen molar-refractivity contribution in [1.82, 2.24) is 0 Å². The zero-order chi connectivity index (χ0) is 10.1. The van der Waals surface area contributed by atoms with Crippen LogP contribution >= 0.6 is 0 Å². The third kappa shape index (κ3) is 1.97. The van der Waals surface area contributed by atoms with Gasteiger partial charge in [0.2, 0.25) is 0 Å². The summed E-state index contributed by atoms with van der Waals surface area (Å²) in [6.45, 7) is 3.27. The number of rotatable bonds is 3. The van der Waals surface area contributed by atoms with Crippen molar-refractivity contribution in [2.75, 3.05) is 0 Å². The number of Topliss-reactive ketones (excluding diaryl/α,β-unsaturated/α-hetero) is 2. The second kappa shape index (κ2) is 3.58. The molecule has 1 aliphatic rings. The van der Waals surface area contributed by atoms with Crippen molar-refractivity contribution >= 4 is 11.6 Å². The number of carbonyl (C=O) groups excluding carboxylic acids is 2. The molecule has 0 aromatic rings. The van der Waals surface area contributed by atoms with E-state index in [-0.39, 0.29) is 11.6 Å². The van der Waals surface area contributed by atoms with Crippen molar-refractivity contribution in [2.45, 2.75) is 45.6 Å². The molecule has 74 valence electrons. The number of ketones is 2. The summed E-state index contributed by atoms with van der Waals surface area (Å²) in [4.78, 5) is 22.2. The van der Waals surface area contributed by atoms with E-state index in [4.69, 9.17) is 0 Å². The maximum absolute atomic E-state index is 11.4. The van der Waals surface area contributed by atoms with Gasteiger partial charge >= 0.3 is 0 Å². The summed E-state index contributed by atoms with van der Waals surface area (Å²) in [5.74, 6) is 0.175. The molecule has 0 saturated heterocycles. The van der Waals surface area contributed by atoms with Crippen LogP contribution in [0.1, 0.15) is 39.5 Å². The Kier molecular flexibility index (Phi) is 2.86. The Morgan fingerprint density at radius 2 is 2.31 bits per heavy atom. The average Bonchev–Trinajstić information content (AvgIpc) is 2.31. The molecule has 3 nitrogen and oxygen atoms in total. The highest BCUT2D eigenvalue weighted by molar-refractivity contribution is 5.88. The molecule has 0 bridgehead atoms. The van der Waals surface area contributed by atoms with Gasteiger partial charge in [0.25, 0.3) is 0 Å². The molecule has 0 heterocycles. The van der Waals surface area contributed by atoms with Crippen molar-refractivity contribution in [3.05, 3.63) is 0 Å². The molecule has 0 aromatic heterocycles. The molecular weight excluding hydrogens is 168 g/mol. The van der Waals surface area contributed by atoms with Crippen LogP contribution in [-0.2, 0) is 9.59 Å². The number of carbonyl (C=O) groups is 2. The molecule has 1 N–H and O–H groups in total. The molecule has 1 saturated carbocycles. The first-order valence-corrected chi connectivity index (χ1v) is 4.67. The SMILES string of the molecule is CC(=O)CC[C@]1(C)C(=O)CC[C@H]1O. The third-order valence-corrected chi connectivity index (χ3v) is 3.01. The summed E-state index contributed by atoms with van der Waals surface area (Å²) in [5.41, 5.74) is -0.661. The van der Waals surface area contributed by atoms with E-state index >= 15 is 0 Å². The summed E-state index contributed by atoms with van der Waals surface area (Å²) in [7, 11) is 0. The van der Waals surface area contributed by atoms with Crippen LogP contribution in [0.25, 0.3) is 0 Å². The monoisotopic (exact) mass is 184 g/mol. The largest absolute Gasteiger partial charge is 0.392 e. The quantitative estimate of drug-likeness (QED) is 0.714. The highest BCUT2D eigenvalue weighted by Gasteiger charge is 2.44. The predicted octanol–water partition coefficient (Wildman–Crippen LogP) is 1.09. The van der Waals surface area contributed by atoms with Crippen LogP contribution < -0.4 is 0 Å². The highest BCUT2D eigenvalue weighted by Crippen LogP contribution is 2.38. The topological polar surface area (TPSA) is 54.4 Å². The molecule has 1 rings (SSSR count). The first kappa shape index (κ1) is 10.4. The van der Waals surface area contributed by atoms with Gasteiger partial charge in [0.15, 0.2) is 0 Å². The van der Waals surface area contributed by atoms with Crippen LogP contribution in [0.5, 0.6) is 0 Å². The van der Waals surface area contributed by atoms with Gasteiger partial charge in [-0.2, -0.15) is 0 Å². The molecular formula is C10H16O3. The fourth-order valence-corrected chi connectivity index (χ4v) is 1.80. The summed E-state index contributed by atoms with van der Waals surface area (Å²) >= 11 is 0. The van der Waals surface area contributed by atoms with Gasteiger partial charge < -0.3 is 9.90 Å². The first-order chi connectivity index (χ1) is 5.97. The van der Waals surface area contributed by atoms with E-state index in [9.17, 15) is 14.7 Å². The van der Waals surface area contributed by atoms with E-state index in [0.29, 0.717) is 25.7 Å². The standard InChI is InChI=1S/C10H16O3/c1-7(11)5-6-10(2)8(12)3-4-9(10)13/h8,12H,3-6H2,1-2H3/t8-,10+/m1/s1. The number of aliphatic hydroxyl groups excluding tert-OH is 1. The predicted molar refractivity (Wildman–Crippen MR) is 48.3 cm³/mol. The van der Waals surface area contributed by atoms with Crippen LogP contribution in [0.15, 0.2) is 0 Å². The Bertz CT molecular complexity index is 234. The smallest absolute Gasteiger partial charge is 0.141 e. The molecule has 0 unspecified atom stereocenters. The van der Waals surface area contributed by atoms with Crippen LogP contribution in [0.3, 0.4) is 0 Å². The van der Waals surface area contributed by atoms with E-state index in [1.54, 1.807) is 6.92 Å². The van der Waals surface area contributed by atoms with Gasteiger partial charge in [0.1, 0.15) is 11.6 Å². The van der Waals surface area contributed by atoms with Gasteiger partial charge in [-0.3, -0.25) is 4.79 Å². The lowest BCUT2D eigenvalue weighted by atomic mass is 9.80. The van der Waals surface area contributed by atoms with E-state index in [1.165, 1.54) is 6.92 Å². The Morgan fingerprint density at radius 1 is 1.69 bits per heavy atom. The lowest BCUT2D eigenvalue weighted by molar-refractivity contribution is -0.129. The maximum atomic E-state index is 11.4. The van der Waals surface area contributed by atoms with E-state index in [1.807, 2.05) is 0 Å². The number of aliphatic hydroxyl groups is 1. The number of hydrogen-bond donors (Lipinski definition) is 1. The fraction of sp³-hybridized carbons (Fsp3) is 0.800. The molecule has 0 spiro atoms. The summed E-state index contributed by atoms with van der Waals surface area (Å²) in [5, 5.41) is 9.60. The molecule has 1 fully saturated rings. The fourth-order valence-electron chi connectivity index (χ4n) is 1.80. The molecule has 0 aromatic carbocycles. The van der Waals surface area contributed by atoms with Crippen molar-refractivity contribution in [1.29, 1.82) is 0 Å². The van der Waals surface area contributed by atoms with Gasteiger partial charge in [-0.25, -0.2) is 0 Å². The van der Waals surface area contributed by atoms with Crippen molar-refractivity contribution < 1.29 is 14.7 Å². The van der Waals surface area contributed by atoms with E-state index < -0.39 is 11.5 Å². The second-order valence-electron chi connectivity index (χ2n) is 4.10. The maximum Gasteiger partial charge on any atom is 0.141 e. The summed E-state index contributed by atoms with van der Waals surface area (Å²) in [6, 6.07) is 0. The second-order valence-corrected chi connectivity index (χ2v) is 4.10. The van der Waals surface area contributed by atoms with Crippen LogP contribution in [0.4, 0.5) is 0 Å². The minimum Gasteiger partial charge on any atom is -0.392 e. The van der Waals surface area contributed by atoms with E-state index in [0.717, 1.165) is 0 Å². The minimum absolute atomic E-state index is 0.0770. The molecule has 3 heteroatoms. The van der Waals surface area contributed by atoms with Crippen molar-refractivity contribution in [3.8, 4) is 0 Å². The Balaban J connectivity index is 2.62. The van der Waals surface area contributed by atoms with Crippen LogP contribution in [0, 0.1) is 5.41 Å². The van der Waals surface area contributed by atoms with Gasteiger partial charge in [-0.1, -0.05) is 6.92 Å². The Morgan fingerprint density at radius 3 is 2.69 bits per heavy atom. The molecule has 0 amide bonds. The lowest BCUT2D eigenvalue weighted by Crippen LogP contribution is -2.33. The minimum atomic E-state index is -0.661. The first-order valence-electron chi connectivity index (χ1n) is 4.67. The van der Waals surface area contributed by atoms with E-state index in [2.05, 4.69) is 0 Å². The van der Waals surface area contributed by atoms with Crippen molar-refractivity contribution in [2.24, 2.45) is 5.41 Å². The van der Waals surface area contributed by atoms with Gasteiger partial charge in [0.05, 0.1) is 11.5 Å². The zero-order valence-corrected chi connectivity index (χ0v) is 8.17. The van der Waals surface area contributed by atoms with Gasteiger partial charge in [-0.05, 0) is 19.8 Å². The third-order valence-electron chi connectivity index (χ3n) is 3.01. The molecule has 13 heavy (non-hydrogen) atoms. The van der Waals surface area contributed by atoms with Crippen molar-refractivity contribution in [3.63, 3.8) is 0 Å². The Labute approximate surface area is 78.1 Å². The molecule has 1 aliphatic carbocycles. The Hall–Kier alpha value is -0.700. The lowest BCUT2D eigenvalue weighted by Gasteiger charge is -2.25. The van der Waals surface area contributed by atoms with Crippen LogP contribution in [0.2, 0.25) is 0 Å². The number of hydrogen-bond acceptors (Lipinski definition) is 3. The summed E-state index contributed by atoms with van der Waals surface area (Å²) < 4.78 is 0. The highest BCUT2D eigenvalue weighted by atomic mass is 16.3. The molecule has 2 atom stereocenters. The molecule has 0 radical (unpaired) electrons. The zero-order valence-electron chi connectivity index (χ0n) is 8.17. The molecule has 0 aliphatic heterocycles. The average molecular weight is 184 g/mol.